The van der Waals surface area contributed by atoms with Crippen LogP contribution in [-0.4, -0.2) is 47.5 Å². The summed E-state index contributed by atoms with van der Waals surface area (Å²) < 4.78 is 0.771. The topological polar surface area (TPSA) is 98.7 Å². The molecule has 1 heterocycles. The van der Waals surface area contributed by atoms with E-state index in [2.05, 4.69) is 10.6 Å². The van der Waals surface area contributed by atoms with Crippen molar-refractivity contribution in [1.82, 2.24) is 10.2 Å². The fourth-order valence-corrected chi connectivity index (χ4v) is 2.46. The van der Waals surface area contributed by atoms with Crippen molar-refractivity contribution in [3.05, 3.63) is 27.3 Å². The molecule has 0 spiro atoms. The van der Waals surface area contributed by atoms with Crippen molar-refractivity contribution in [2.45, 2.75) is 6.42 Å². The van der Waals surface area contributed by atoms with Gasteiger partial charge in [-0.3, -0.25) is 4.79 Å². The van der Waals surface area contributed by atoms with E-state index in [-0.39, 0.29) is 23.6 Å². The zero-order chi connectivity index (χ0) is 15.4. The molecule has 0 aromatic heterocycles. The van der Waals surface area contributed by atoms with Gasteiger partial charge in [-0.2, -0.15) is 0 Å². The number of halogens is 1. The number of anilines is 1. The van der Waals surface area contributed by atoms with Gasteiger partial charge in [0.05, 0.1) is 11.3 Å². The van der Waals surface area contributed by atoms with E-state index in [1.807, 2.05) is 22.6 Å². The Hall–Kier alpha value is -1.84. The van der Waals surface area contributed by atoms with E-state index in [0.29, 0.717) is 19.6 Å². The highest BCUT2D eigenvalue weighted by Crippen LogP contribution is 2.19. The zero-order valence-corrected chi connectivity index (χ0v) is 13.2. The molecule has 0 radical (unpaired) electrons. The van der Waals surface area contributed by atoms with Crippen molar-refractivity contribution in [2.24, 2.45) is 0 Å². The molecule has 112 valence electrons. The van der Waals surface area contributed by atoms with E-state index >= 15 is 0 Å². The van der Waals surface area contributed by atoms with Crippen LogP contribution < -0.4 is 10.6 Å². The number of hydrogen-bond donors (Lipinski definition) is 3. The molecular formula is C13H14IN3O4. The zero-order valence-electron chi connectivity index (χ0n) is 11.1. The summed E-state index contributed by atoms with van der Waals surface area (Å²) in [5.41, 5.74) is 0.288. The fourth-order valence-electron chi connectivity index (χ4n) is 1.97. The monoisotopic (exact) mass is 403 g/mol. The molecule has 3 amide bonds. The van der Waals surface area contributed by atoms with Gasteiger partial charge in [-0.05, 0) is 40.8 Å². The van der Waals surface area contributed by atoms with Crippen LogP contribution in [0, 0.1) is 3.57 Å². The highest BCUT2D eigenvalue weighted by Gasteiger charge is 2.20. The standard InChI is InChI=1S/C13H14IN3O4/c14-8-1-2-10(9(7-8)12(19)20)16-13(21)17-5-3-11(18)15-4-6-17/h1-2,7H,3-6H2,(H,15,18)(H,16,21)(H,19,20). The summed E-state index contributed by atoms with van der Waals surface area (Å²) in [7, 11) is 0. The van der Waals surface area contributed by atoms with Gasteiger partial charge in [-0.25, -0.2) is 9.59 Å². The molecule has 0 unspecified atom stereocenters. The van der Waals surface area contributed by atoms with Crippen molar-refractivity contribution in [2.75, 3.05) is 25.0 Å². The second kappa shape index (κ2) is 6.74. The van der Waals surface area contributed by atoms with E-state index < -0.39 is 12.0 Å². The van der Waals surface area contributed by atoms with E-state index in [9.17, 15) is 19.5 Å². The molecule has 0 bridgehead atoms. The number of urea groups is 1. The summed E-state index contributed by atoms with van der Waals surface area (Å²) in [5.74, 6) is -1.19. The van der Waals surface area contributed by atoms with E-state index in [0.717, 1.165) is 3.57 Å². The molecule has 0 aliphatic carbocycles. The van der Waals surface area contributed by atoms with Gasteiger partial charge in [0.1, 0.15) is 0 Å². The van der Waals surface area contributed by atoms with Crippen molar-refractivity contribution in [1.29, 1.82) is 0 Å². The van der Waals surface area contributed by atoms with Crippen molar-refractivity contribution in [3.8, 4) is 0 Å². The largest absolute Gasteiger partial charge is 0.478 e. The average Bonchev–Trinajstić information content (AvgIpc) is 2.65. The Labute approximate surface area is 134 Å². The van der Waals surface area contributed by atoms with E-state index in [4.69, 9.17) is 0 Å². The van der Waals surface area contributed by atoms with Gasteiger partial charge in [0, 0.05) is 29.6 Å². The first-order valence-electron chi connectivity index (χ1n) is 6.33. The molecule has 21 heavy (non-hydrogen) atoms. The molecule has 1 aromatic carbocycles. The molecule has 2 rings (SSSR count). The summed E-state index contributed by atoms with van der Waals surface area (Å²) in [4.78, 5) is 36.1. The lowest BCUT2D eigenvalue weighted by molar-refractivity contribution is -0.120. The predicted molar refractivity (Wildman–Crippen MR) is 84.3 cm³/mol. The quantitative estimate of drug-likeness (QED) is 0.650. The average molecular weight is 403 g/mol. The van der Waals surface area contributed by atoms with Crippen LogP contribution in [0.15, 0.2) is 18.2 Å². The number of nitrogens with zero attached hydrogens (tertiary/aromatic N) is 1. The smallest absolute Gasteiger partial charge is 0.337 e. The lowest BCUT2D eigenvalue weighted by Gasteiger charge is -2.20. The molecule has 1 fully saturated rings. The lowest BCUT2D eigenvalue weighted by Crippen LogP contribution is -2.37. The molecule has 1 aliphatic rings. The molecule has 1 aromatic rings. The molecule has 1 saturated heterocycles. The summed E-state index contributed by atoms with van der Waals surface area (Å²) in [6.45, 7) is 1.10. The Kier molecular flexibility index (Phi) is 4.99. The SMILES string of the molecule is O=C1CCN(C(=O)Nc2ccc(I)cc2C(=O)O)CCN1. The molecule has 8 heteroatoms. The van der Waals surface area contributed by atoms with Gasteiger partial charge in [0.15, 0.2) is 0 Å². The minimum absolute atomic E-state index is 0.0410. The maximum atomic E-state index is 12.2. The minimum Gasteiger partial charge on any atom is -0.478 e. The van der Waals surface area contributed by atoms with Crippen LogP contribution in [0.5, 0.6) is 0 Å². The first kappa shape index (κ1) is 15.5. The highest BCUT2D eigenvalue weighted by molar-refractivity contribution is 14.1. The molecule has 0 saturated carbocycles. The van der Waals surface area contributed by atoms with Crippen LogP contribution in [-0.2, 0) is 4.79 Å². The van der Waals surface area contributed by atoms with Crippen LogP contribution in [0.25, 0.3) is 0 Å². The van der Waals surface area contributed by atoms with Gasteiger partial charge in [-0.15, -0.1) is 0 Å². The van der Waals surface area contributed by atoms with E-state index in [1.165, 1.54) is 11.0 Å². The number of carbonyl (C=O) groups excluding carboxylic acids is 2. The predicted octanol–water partition coefficient (Wildman–Crippen LogP) is 1.34. The lowest BCUT2D eigenvalue weighted by atomic mass is 10.2. The maximum absolute atomic E-state index is 12.2. The number of amides is 3. The number of carboxylic acid groups (broad SMARTS) is 1. The summed E-state index contributed by atoms with van der Waals surface area (Å²) in [6, 6.07) is 4.36. The third kappa shape index (κ3) is 4.06. The first-order valence-corrected chi connectivity index (χ1v) is 7.40. The number of rotatable bonds is 2. The molecule has 0 atom stereocenters. The van der Waals surface area contributed by atoms with Crippen LogP contribution >= 0.6 is 22.6 Å². The number of carboxylic acids is 1. The third-order valence-corrected chi connectivity index (χ3v) is 3.72. The Bertz CT molecular complexity index is 591. The molecular weight excluding hydrogens is 389 g/mol. The summed E-state index contributed by atoms with van der Waals surface area (Å²) in [5, 5.41) is 14.4. The van der Waals surface area contributed by atoms with Gasteiger partial charge in [0.2, 0.25) is 5.91 Å². The first-order chi connectivity index (χ1) is 9.97. The van der Waals surface area contributed by atoms with Gasteiger partial charge >= 0.3 is 12.0 Å². The Morgan fingerprint density at radius 2 is 2.10 bits per heavy atom. The second-order valence-electron chi connectivity index (χ2n) is 4.51. The normalized spacial score (nSPS) is 15.1. The molecule has 1 aliphatic heterocycles. The van der Waals surface area contributed by atoms with Crippen molar-refractivity contribution >= 4 is 46.2 Å². The van der Waals surface area contributed by atoms with Crippen LogP contribution in [0.3, 0.4) is 0 Å². The fraction of sp³-hybridized carbons (Fsp3) is 0.308. The second-order valence-corrected chi connectivity index (χ2v) is 5.76. The molecule has 7 nitrogen and oxygen atoms in total. The van der Waals surface area contributed by atoms with Gasteiger partial charge < -0.3 is 20.6 Å². The minimum atomic E-state index is -1.10. The van der Waals surface area contributed by atoms with Crippen molar-refractivity contribution < 1.29 is 19.5 Å². The highest BCUT2D eigenvalue weighted by atomic mass is 127. The summed E-state index contributed by atoms with van der Waals surface area (Å²) >= 11 is 2.01. The Balaban J connectivity index is 2.12. The van der Waals surface area contributed by atoms with E-state index in [1.54, 1.807) is 12.1 Å². The Morgan fingerprint density at radius 1 is 1.33 bits per heavy atom. The molecule has 3 N–H and O–H groups in total. The van der Waals surface area contributed by atoms with Crippen LogP contribution in [0.4, 0.5) is 10.5 Å². The van der Waals surface area contributed by atoms with Gasteiger partial charge in [0.25, 0.3) is 0 Å². The number of nitrogens with one attached hydrogen (secondary N) is 2. The maximum Gasteiger partial charge on any atom is 0.337 e. The van der Waals surface area contributed by atoms with Crippen molar-refractivity contribution in [3.63, 3.8) is 0 Å². The Morgan fingerprint density at radius 3 is 2.81 bits per heavy atom. The number of aromatic carboxylic acids is 1. The number of benzene rings is 1. The summed E-state index contributed by atoms with van der Waals surface area (Å²) in [6.07, 6.45) is 0.242. The third-order valence-electron chi connectivity index (χ3n) is 3.05. The van der Waals surface area contributed by atoms with Gasteiger partial charge in [-0.1, -0.05) is 0 Å². The number of carbonyl (C=O) groups is 3. The number of hydrogen-bond acceptors (Lipinski definition) is 3. The van der Waals surface area contributed by atoms with Crippen LogP contribution in [0.2, 0.25) is 0 Å². The van der Waals surface area contributed by atoms with Crippen LogP contribution in [0.1, 0.15) is 16.8 Å².